The first kappa shape index (κ1) is 17.5. The van der Waals surface area contributed by atoms with Crippen LogP contribution in [0.3, 0.4) is 0 Å². The Balaban J connectivity index is 1.72. The van der Waals surface area contributed by atoms with Gasteiger partial charge in [0.2, 0.25) is 0 Å². The second kappa shape index (κ2) is 7.31. The number of aromatic nitrogens is 2. The van der Waals surface area contributed by atoms with Crippen LogP contribution in [0.25, 0.3) is 0 Å². The fourth-order valence-electron chi connectivity index (χ4n) is 2.74. The third-order valence-electron chi connectivity index (χ3n) is 3.92. The minimum Gasteiger partial charge on any atom is -0.339 e. The number of amides is 1. The van der Waals surface area contributed by atoms with Gasteiger partial charge in [0.1, 0.15) is 17.3 Å². The largest absolute Gasteiger partial charge is 0.339 e. The molecular formula is C20H19FN4O. The van der Waals surface area contributed by atoms with Crippen LogP contribution in [0.5, 0.6) is 0 Å². The number of aryl methyl sites for hydroxylation is 3. The van der Waals surface area contributed by atoms with Gasteiger partial charge in [-0.15, -0.1) is 0 Å². The lowest BCUT2D eigenvalue weighted by Gasteiger charge is -2.13. The summed E-state index contributed by atoms with van der Waals surface area (Å²) in [4.78, 5) is 20.6. The minimum atomic E-state index is -0.404. The highest BCUT2D eigenvalue weighted by atomic mass is 19.1. The van der Waals surface area contributed by atoms with Crippen molar-refractivity contribution in [2.45, 2.75) is 20.8 Å². The van der Waals surface area contributed by atoms with Gasteiger partial charge in [-0.3, -0.25) is 4.79 Å². The SMILES string of the molecule is Cc1cc(C)c(Nc2cnc(C(=O)Nc3ccc(F)cc3)cn2)c(C)c1. The highest BCUT2D eigenvalue weighted by Crippen LogP contribution is 2.24. The average molecular weight is 350 g/mol. The molecule has 0 aliphatic carbocycles. The molecule has 6 heteroatoms. The average Bonchev–Trinajstić information content (AvgIpc) is 2.60. The first-order valence-corrected chi connectivity index (χ1v) is 8.16. The zero-order chi connectivity index (χ0) is 18.7. The molecular weight excluding hydrogens is 331 g/mol. The Morgan fingerprint density at radius 3 is 2.19 bits per heavy atom. The molecule has 0 saturated carbocycles. The number of anilines is 3. The molecule has 0 aliphatic heterocycles. The van der Waals surface area contributed by atoms with Gasteiger partial charge in [-0.05, 0) is 56.2 Å². The highest BCUT2D eigenvalue weighted by Gasteiger charge is 2.10. The molecule has 1 amide bonds. The van der Waals surface area contributed by atoms with Crippen molar-refractivity contribution >= 4 is 23.1 Å². The van der Waals surface area contributed by atoms with E-state index in [-0.39, 0.29) is 11.5 Å². The molecule has 3 rings (SSSR count). The van der Waals surface area contributed by atoms with Crippen LogP contribution in [0.1, 0.15) is 27.2 Å². The summed E-state index contributed by atoms with van der Waals surface area (Å²) in [6, 6.07) is 9.71. The van der Waals surface area contributed by atoms with Crippen molar-refractivity contribution in [2.75, 3.05) is 10.6 Å². The molecule has 0 bridgehead atoms. The maximum Gasteiger partial charge on any atom is 0.275 e. The second-order valence-electron chi connectivity index (χ2n) is 6.15. The minimum absolute atomic E-state index is 0.178. The summed E-state index contributed by atoms with van der Waals surface area (Å²) in [7, 11) is 0. The van der Waals surface area contributed by atoms with Crippen LogP contribution in [-0.2, 0) is 0 Å². The van der Waals surface area contributed by atoms with Crippen LogP contribution >= 0.6 is 0 Å². The third kappa shape index (κ3) is 4.03. The van der Waals surface area contributed by atoms with E-state index in [0.717, 1.165) is 16.8 Å². The van der Waals surface area contributed by atoms with E-state index in [9.17, 15) is 9.18 Å². The Labute approximate surface area is 151 Å². The maximum atomic E-state index is 12.9. The number of carbonyl (C=O) groups is 1. The molecule has 0 radical (unpaired) electrons. The molecule has 1 aromatic heterocycles. The third-order valence-corrected chi connectivity index (χ3v) is 3.92. The Morgan fingerprint density at radius 1 is 0.962 bits per heavy atom. The summed E-state index contributed by atoms with van der Waals surface area (Å²) in [5.74, 6) is -0.211. The van der Waals surface area contributed by atoms with E-state index < -0.39 is 5.91 Å². The predicted molar refractivity (Wildman–Crippen MR) is 100 cm³/mol. The molecule has 0 fully saturated rings. The Morgan fingerprint density at radius 2 is 1.62 bits per heavy atom. The normalized spacial score (nSPS) is 10.5. The first-order valence-electron chi connectivity index (χ1n) is 8.16. The number of halogens is 1. The number of rotatable bonds is 4. The zero-order valence-corrected chi connectivity index (χ0v) is 14.8. The van der Waals surface area contributed by atoms with Crippen LogP contribution in [0, 0.1) is 26.6 Å². The van der Waals surface area contributed by atoms with Gasteiger partial charge in [-0.1, -0.05) is 17.7 Å². The number of benzene rings is 2. The van der Waals surface area contributed by atoms with Crippen LogP contribution in [0.4, 0.5) is 21.6 Å². The van der Waals surface area contributed by atoms with Crippen molar-refractivity contribution in [1.29, 1.82) is 0 Å². The Hall–Kier alpha value is -3.28. The predicted octanol–water partition coefficient (Wildman–Crippen LogP) is 4.54. The van der Waals surface area contributed by atoms with Crippen molar-refractivity contribution in [3.63, 3.8) is 0 Å². The molecule has 3 aromatic rings. The summed E-state index contributed by atoms with van der Waals surface area (Å²) < 4.78 is 12.9. The lowest BCUT2D eigenvalue weighted by Crippen LogP contribution is -2.14. The molecule has 2 N–H and O–H groups in total. The maximum absolute atomic E-state index is 12.9. The molecule has 2 aromatic carbocycles. The molecule has 1 heterocycles. The topological polar surface area (TPSA) is 66.9 Å². The van der Waals surface area contributed by atoms with Crippen molar-refractivity contribution in [3.05, 3.63) is 77.0 Å². The lowest BCUT2D eigenvalue weighted by atomic mass is 10.1. The summed E-state index contributed by atoms with van der Waals surface area (Å²) in [5.41, 5.74) is 5.08. The van der Waals surface area contributed by atoms with E-state index in [1.54, 1.807) is 0 Å². The quantitative estimate of drug-likeness (QED) is 0.725. The first-order chi connectivity index (χ1) is 12.4. The number of nitrogens with one attached hydrogen (secondary N) is 2. The van der Waals surface area contributed by atoms with Crippen molar-refractivity contribution in [2.24, 2.45) is 0 Å². The van der Waals surface area contributed by atoms with Gasteiger partial charge >= 0.3 is 0 Å². The van der Waals surface area contributed by atoms with Gasteiger partial charge in [-0.2, -0.15) is 0 Å². The van der Waals surface area contributed by atoms with Crippen LogP contribution < -0.4 is 10.6 Å². The van der Waals surface area contributed by atoms with Crippen molar-refractivity contribution in [1.82, 2.24) is 9.97 Å². The number of hydrogen-bond donors (Lipinski definition) is 2. The highest BCUT2D eigenvalue weighted by molar-refractivity contribution is 6.02. The van der Waals surface area contributed by atoms with E-state index >= 15 is 0 Å². The summed E-state index contributed by atoms with van der Waals surface area (Å²) >= 11 is 0. The van der Waals surface area contributed by atoms with Crippen LogP contribution in [-0.4, -0.2) is 15.9 Å². The molecule has 0 unspecified atom stereocenters. The van der Waals surface area contributed by atoms with Gasteiger partial charge in [0.05, 0.1) is 12.4 Å². The molecule has 0 aliphatic rings. The summed E-state index contributed by atoms with van der Waals surface area (Å²) in [5, 5.41) is 5.89. The fraction of sp³-hybridized carbons (Fsp3) is 0.150. The molecule has 0 saturated heterocycles. The summed E-state index contributed by atoms with van der Waals surface area (Å²) in [6.45, 7) is 6.11. The van der Waals surface area contributed by atoms with Crippen molar-refractivity contribution < 1.29 is 9.18 Å². The van der Waals surface area contributed by atoms with Gasteiger partial charge in [0.15, 0.2) is 0 Å². The van der Waals surface area contributed by atoms with E-state index in [1.807, 2.05) is 13.8 Å². The van der Waals surface area contributed by atoms with Crippen LogP contribution in [0.2, 0.25) is 0 Å². The van der Waals surface area contributed by atoms with E-state index in [2.05, 4.69) is 39.7 Å². The number of hydrogen-bond acceptors (Lipinski definition) is 4. The lowest BCUT2D eigenvalue weighted by molar-refractivity contribution is 0.102. The van der Waals surface area contributed by atoms with E-state index in [0.29, 0.717) is 11.5 Å². The van der Waals surface area contributed by atoms with Crippen molar-refractivity contribution in [3.8, 4) is 0 Å². The molecule has 26 heavy (non-hydrogen) atoms. The van der Waals surface area contributed by atoms with E-state index in [4.69, 9.17) is 0 Å². The van der Waals surface area contributed by atoms with E-state index in [1.165, 1.54) is 42.2 Å². The molecule has 0 atom stereocenters. The fourth-order valence-corrected chi connectivity index (χ4v) is 2.74. The second-order valence-corrected chi connectivity index (χ2v) is 6.15. The van der Waals surface area contributed by atoms with Gasteiger partial charge < -0.3 is 10.6 Å². The monoisotopic (exact) mass is 350 g/mol. The number of carbonyl (C=O) groups excluding carboxylic acids is 1. The van der Waals surface area contributed by atoms with Gasteiger partial charge in [0.25, 0.3) is 5.91 Å². The summed E-state index contributed by atoms with van der Waals surface area (Å²) in [6.07, 6.45) is 2.92. The zero-order valence-electron chi connectivity index (χ0n) is 14.8. The smallest absolute Gasteiger partial charge is 0.275 e. The standard InChI is InChI=1S/C20H19FN4O/c1-12-8-13(2)19(14(3)9-12)25-18-11-22-17(10-23-18)20(26)24-16-6-4-15(21)5-7-16/h4-11H,1-3H3,(H,23,25)(H,24,26). The Bertz CT molecular complexity index is 914. The number of nitrogens with zero attached hydrogens (tertiary/aromatic N) is 2. The molecule has 0 spiro atoms. The molecule has 132 valence electrons. The Kier molecular flexibility index (Phi) is 4.93. The van der Waals surface area contributed by atoms with Gasteiger partial charge in [-0.25, -0.2) is 14.4 Å². The van der Waals surface area contributed by atoms with Gasteiger partial charge in [0, 0.05) is 11.4 Å². The van der Waals surface area contributed by atoms with Crippen LogP contribution in [0.15, 0.2) is 48.8 Å². The molecule has 5 nitrogen and oxygen atoms in total.